The zero-order chi connectivity index (χ0) is 22.8. The van der Waals surface area contributed by atoms with Crippen molar-refractivity contribution in [3.63, 3.8) is 0 Å². The van der Waals surface area contributed by atoms with Crippen molar-refractivity contribution >= 4 is 6.29 Å². The molecule has 0 amide bonds. The first-order valence-corrected chi connectivity index (χ1v) is 9.76. The number of benzene rings is 2. The lowest BCUT2D eigenvalue weighted by atomic mass is 10.0. The SMILES string of the molecule is CC[N+](=O)[O-].C[C@@H]([C@H](O)CCc1ccccc1)[N+](=O)[O-].O=CCCc1ccccc1. The topological polar surface area (TPSA) is 124 Å². The van der Waals surface area contributed by atoms with Gasteiger partial charge in [-0.05, 0) is 30.4 Å². The molecular formula is C22H30N2O6. The summed E-state index contributed by atoms with van der Waals surface area (Å²) in [5.74, 6) is 0. The molecule has 8 nitrogen and oxygen atoms in total. The summed E-state index contributed by atoms with van der Waals surface area (Å²) in [4.78, 5) is 28.7. The number of aryl methyl sites for hydroxylation is 2. The van der Waals surface area contributed by atoms with Gasteiger partial charge in [-0.2, -0.15) is 0 Å². The second kappa shape index (κ2) is 16.8. The Morgan fingerprint density at radius 2 is 1.37 bits per heavy atom. The van der Waals surface area contributed by atoms with Gasteiger partial charge in [0, 0.05) is 30.1 Å². The van der Waals surface area contributed by atoms with Gasteiger partial charge in [-0.3, -0.25) is 20.2 Å². The minimum Gasteiger partial charge on any atom is -0.386 e. The number of rotatable bonds is 9. The molecule has 164 valence electrons. The molecule has 0 radical (unpaired) electrons. The van der Waals surface area contributed by atoms with Crippen LogP contribution in [0.2, 0.25) is 0 Å². The fourth-order valence-corrected chi connectivity index (χ4v) is 2.21. The van der Waals surface area contributed by atoms with Crippen molar-refractivity contribution in [3.05, 3.63) is 92.0 Å². The molecule has 2 atom stereocenters. The molecule has 8 heteroatoms. The van der Waals surface area contributed by atoms with Gasteiger partial charge < -0.3 is 9.90 Å². The third-order valence-corrected chi connectivity index (χ3v) is 4.11. The summed E-state index contributed by atoms with van der Waals surface area (Å²) in [5.41, 5.74) is 2.32. The highest BCUT2D eigenvalue weighted by molar-refractivity contribution is 5.49. The van der Waals surface area contributed by atoms with Crippen molar-refractivity contribution < 1.29 is 19.7 Å². The molecule has 0 heterocycles. The van der Waals surface area contributed by atoms with Gasteiger partial charge in [-0.25, -0.2) is 0 Å². The molecule has 1 N–H and O–H groups in total. The van der Waals surface area contributed by atoms with Gasteiger partial charge in [-0.15, -0.1) is 0 Å². The third-order valence-electron chi connectivity index (χ3n) is 4.11. The Morgan fingerprint density at radius 1 is 0.933 bits per heavy atom. The molecule has 0 unspecified atom stereocenters. The van der Waals surface area contributed by atoms with Crippen LogP contribution in [0.1, 0.15) is 37.8 Å². The van der Waals surface area contributed by atoms with Crippen LogP contribution in [-0.4, -0.2) is 39.9 Å². The molecule has 0 aliphatic rings. The summed E-state index contributed by atoms with van der Waals surface area (Å²) in [6.07, 6.45) is 2.66. The largest absolute Gasteiger partial charge is 0.386 e. The molecule has 2 rings (SSSR count). The summed E-state index contributed by atoms with van der Waals surface area (Å²) in [7, 11) is 0. The van der Waals surface area contributed by atoms with Crippen molar-refractivity contribution in [2.24, 2.45) is 0 Å². The zero-order valence-electron chi connectivity index (χ0n) is 17.4. The van der Waals surface area contributed by atoms with E-state index in [0.717, 1.165) is 18.3 Å². The van der Waals surface area contributed by atoms with Gasteiger partial charge in [-0.1, -0.05) is 60.7 Å². The monoisotopic (exact) mass is 418 g/mol. The Hall–Kier alpha value is -3.13. The van der Waals surface area contributed by atoms with Gasteiger partial charge in [0.25, 0.3) is 0 Å². The summed E-state index contributed by atoms with van der Waals surface area (Å²) in [6, 6.07) is 18.8. The molecular weight excluding hydrogens is 388 g/mol. The molecule has 0 fully saturated rings. The highest BCUT2D eigenvalue weighted by Crippen LogP contribution is 2.08. The number of aldehydes is 1. The van der Waals surface area contributed by atoms with Crippen LogP contribution in [0.3, 0.4) is 0 Å². The zero-order valence-corrected chi connectivity index (χ0v) is 17.4. The van der Waals surface area contributed by atoms with Crippen molar-refractivity contribution in [1.82, 2.24) is 0 Å². The second-order valence-electron chi connectivity index (χ2n) is 6.46. The van der Waals surface area contributed by atoms with E-state index in [1.807, 2.05) is 60.7 Å². The first-order valence-electron chi connectivity index (χ1n) is 9.76. The van der Waals surface area contributed by atoms with Gasteiger partial charge in [0.2, 0.25) is 12.6 Å². The summed E-state index contributed by atoms with van der Waals surface area (Å²) in [6.45, 7) is 2.95. The highest BCUT2D eigenvalue weighted by Gasteiger charge is 2.23. The van der Waals surface area contributed by atoms with E-state index in [9.17, 15) is 30.1 Å². The molecule has 0 bridgehead atoms. The number of aliphatic hydroxyl groups excluding tert-OH is 1. The molecule has 0 spiro atoms. The van der Waals surface area contributed by atoms with E-state index in [1.54, 1.807) is 0 Å². The Kier molecular flexibility index (Phi) is 15.0. The fraction of sp³-hybridized carbons (Fsp3) is 0.409. The molecule has 30 heavy (non-hydrogen) atoms. The average molecular weight is 418 g/mol. The van der Waals surface area contributed by atoms with Gasteiger partial charge in [0.1, 0.15) is 12.4 Å². The second-order valence-corrected chi connectivity index (χ2v) is 6.46. The normalized spacial score (nSPS) is 11.6. The van der Waals surface area contributed by atoms with Crippen LogP contribution in [0.15, 0.2) is 60.7 Å². The van der Waals surface area contributed by atoms with E-state index < -0.39 is 17.1 Å². The molecule has 0 aliphatic carbocycles. The van der Waals surface area contributed by atoms with Crippen molar-refractivity contribution in [3.8, 4) is 0 Å². The lowest BCUT2D eigenvalue weighted by Gasteiger charge is -2.11. The molecule has 0 aromatic heterocycles. The lowest BCUT2D eigenvalue weighted by Crippen LogP contribution is -2.30. The van der Waals surface area contributed by atoms with Crippen molar-refractivity contribution in [2.45, 2.75) is 51.7 Å². The van der Waals surface area contributed by atoms with E-state index in [1.165, 1.54) is 19.4 Å². The van der Waals surface area contributed by atoms with E-state index >= 15 is 0 Å². The van der Waals surface area contributed by atoms with Crippen LogP contribution >= 0.6 is 0 Å². The van der Waals surface area contributed by atoms with Gasteiger partial charge in [0.15, 0.2) is 0 Å². The lowest BCUT2D eigenvalue weighted by molar-refractivity contribution is -0.529. The van der Waals surface area contributed by atoms with Gasteiger partial charge in [0.05, 0.1) is 0 Å². The number of hydrogen-bond donors (Lipinski definition) is 1. The van der Waals surface area contributed by atoms with E-state index in [4.69, 9.17) is 0 Å². The van der Waals surface area contributed by atoms with Crippen LogP contribution in [0.5, 0.6) is 0 Å². The van der Waals surface area contributed by atoms with Crippen LogP contribution in [0.4, 0.5) is 0 Å². The van der Waals surface area contributed by atoms with Crippen LogP contribution in [-0.2, 0) is 17.6 Å². The summed E-state index contributed by atoms with van der Waals surface area (Å²) in [5, 5.41) is 29.1. The summed E-state index contributed by atoms with van der Waals surface area (Å²) < 4.78 is 0. The number of carbonyl (C=O) groups excluding carboxylic acids is 1. The molecule has 2 aromatic carbocycles. The Labute approximate surface area is 176 Å². The standard InChI is InChI=1S/C11H15NO3.C9H10O.C2H5NO2/c1-9(12(14)15)11(13)8-7-10-5-3-2-4-6-10;10-8-4-7-9-5-2-1-3-6-9;1-2-3(4)5/h2-6,9,11,13H,7-8H2,1H3;1-3,5-6,8H,4,7H2;2H2,1H3/t9-,11+;;/m0../s1. The number of hydrogen-bond acceptors (Lipinski definition) is 6. The molecule has 2 aromatic rings. The molecule has 0 saturated heterocycles. The highest BCUT2D eigenvalue weighted by atomic mass is 16.6. The number of carbonyl (C=O) groups is 1. The Balaban J connectivity index is 0.000000481. The predicted octanol–water partition coefficient (Wildman–Crippen LogP) is 3.75. The van der Waals surface area contributed by atoms with E-state index in [0.29, 0.717) is 19.3 Å². The number of nitrogens with zero attached hydrogens (tertiary/aromatic N) is 2. The van der Waals surface area contributed by atoms with Gasteiger partial charge >= 0.3 is 0 Å². The van der Waals surface area contributed by atoms with Crippen molar-refractivity contribution in [1.29, 1.82) is 0 Å². The van der Waals surface area contributed by atoms with Crippen LogP contribution in [0.25, 0.3) is 0 Å². The number of nitro groups is 2. The predicted molar refractivity (Wildman–Crippen MR) is 116 cm³/mol. The van der Waals surface area contributed by atoms with E-state index in [2.05, 4.69) is 0 Å². The van der Waals surface area contributed by atoms with Crippen LogP contribution < -0.4 is 0 Å². The van der Waals surface area contributed by atoms with E-state index in [-0.39, 0.29) is 11.5 Å². The molecule has 0 saturated carbocycles. The maximum Gasteiger partial charge on any atom is 0.235 e. The summed E-state index contributed by atoms with van der Waals surface area (Å²) >= 11 is 0. The third kappa shape index (κ3) is 14.0. The maximum absolute atomic E-state index is 10.4. The van der Waals surface area contributed by atoms with Crippen molar-refractivity contribution in [2.75, 3.05) is 6.54 Å². The Morgan fingerprint density at radius 3 is 1.73 bits per heavy atom. The fourth-order valence-electron chi connectivity index (χ4n) is 2.21. The quantitative estimate of drug-likeness (QED) is 0.376. The first kappa shape index (κ1) is 26.9. The average Bonchev–Trinajstić information content (AvgIpc) is 2.77. The minimum absolute atomic E-state index is 0.0278. The minimum atomic E-state index is -0.895. The number of aliphatic hydroxyl groups is 1. The van der Waals surface area contributed by atoms with Crippen LogP contribution in [0, 0.1) is 20.2 Å². The smallest absolute Gasteiger partial charge is 0.235 e. The first-order chi connectivity index (χ1) is 14.3. The Bertz CT molecular complexity index is 725. The molecule has 0 aliphatic heterocycles. The maximum atomic E-state index is 10.4.